The number of hydrogen-bond acceptors (Lipinski definition) is 3. The van der Waals surface area contributed by atoms with E-state index >= 15 is 0 Å². The molecule has 116 valence electrons. The molecule has 2 rings (SSSR count). The molecule has 1 amide bonds. The van der Waals surface area contributed by atoms with E-state index in [9.17, 15) is 4.79 Å². The lowest BCUT2D eigenvalue weighted by molar-refractivity contribution is -0.120. The predicted molar refractivity (Wildman–Crippen MR) is 85.7 cm³/mol. The van der Waals surface area contributed by atoms with Gasteiger partial charge in [-0.15, -0.1) is 0 Å². The third-order valence-corrected chi connectivity index (χ3v) is 4.02. The number of carbonyl (C=O) groups excluding carboxylic acids is 1. The van der Waals surface area contributed by atoms with Gasteiger partial charge in [0.2, 0.25) is 5.91 Å². The van der Waals surface area contributed by atoms with Crippen LogP contribution in [0.3, 0.4) is 0 Å². The first-order valence-electron chi connectivity index (χ1n) is 7.79. The topological polar surface area (TPSA) is 41.6 Å². The molecule has 1 saturated heterocycles. The zero-order chi connectivity index (χ0) is 15.2. The summed E-state index contributed by atoms with van der Waals surface area (Å²) < 4.78 is 5.12. The maximum absolute atomic E-state index is 12.4. The van der Waals surface area contributed by atoms with Crippen molar-refractivity contribution in [1.82, 2.24) is 4.90 Å². The first kappa shape index (κ1) is 15.8. The van der Waals surface area contributed by atoms with Crippen molar-refractivity contribution in [2.75, 3.05) is 25.5 Å². The Morgan fingerprint density at radius 1 is 1.38 bits per heavy atom. The molecule has 0 aromatic heterocycles. The van der Waals surface area contributed by atoms with E-state index in [1.54, 1.807) is 7.11 Å². The molecule has 1 atom stereocenters. The van der Waals surface area contributed by atoms with Gasteiger partial charge >= 0.3 is 0 Å². The van der Waals surface area contributed by atoms with E-state index in [0.717, 1.165) is 43.8 Å². The molecule has 1 fully saturated rings. The predicted octanol–water partition coefficient (Wildman–Crippen LogP) is 3.14. The van der Waals surface area contributed by atoms with Gasteiger partial charge in [-0.2, -0.15) is 0 Å². The average Bonchev–Trinajstić information content (AvgIpc) is 2.94. The Labute approximate surface area is 127 Å². The summed E-state index contributed by atoms with van der Waals surface area (Å²) in [5.74, 6) is 1.59. The Hall–Kier alpha value is -1.55. The first-order chi connectivity index (χ1) is 10.1. The molecule has 0 aliphatic carbocycles. The maximum atomic E-state index is 12.4. The lowest BCUT2D eigenvalue weighted by atomic mass is 10.1. The van der Waals surface area contributed by atoms with Crippen LogP contribution in [0, 0.1) is 5.92 Å². The van der Waals surface area contributed by atoms with Crippen LogP contribution in [0.1, 0.15) is 33.1 Å². The Balaban J connectivity index is 1.91. The fourth-order valence-electron chi connectivity index (χ4n) is 2.71. The van der Waals surface area contributed by atoms with Crippen molar-refractivity contribution >= 4 is 11.6 Å². The third-order valence-electron chi connectivity index (χ3n) is 4.02. The quantitative estimate of drug-likeness (QED) is 0.875. The van der Waals surface area contributed by atoms with Crippen molar-refractivity contribution < 1.29 is 9.53 Å². The highest BCUT2D eigenvalue weighted by Crippen LogP contribution is 2.21. The maximum Gasteiger partial charge on any atom is 0.241 e. The van der Waals surface area contributed by atoms with Crippen molar-refractivity contribution in [2.24, 2.45) is 5.92 Å². The van der Waals surface area contributed by atoms with Crippen molar-refractivity contribution in [3.8, 4) is 5.75 Å². The number of anilines is 1. The number of rotatable bonds is 6. The summed E-state index contributed by atoms with van der Waals surface area (Å²) in [5.41, 5.74) is 0.830. The summed E-state index contributed by atoms with van der Waals surface area (Å²) in [6.45, 7) is 6.50. The Morgan fingerprint density at radius 2 is 2.10 bits per heavy atom. The minimum atomic E-state index is 0.0193. The van der Waals surface area contributed by atoms with Gasteiger partial charge in [-0.3, -0.25) is 9.69 Å². The SMILES string of the molecule is COc1ccc(NC(=O)[C@@H]2CCCN2CCC(C)C)cc1. The fraction of sp³-hybridized carbons (Fsp3) is 0.588. The number of methoxy groups -OCH3 is 1. The highest BCUT2D eigenvalue weighted by molar-refractivity contribution is 5.95. The highest BCUT2D eigenvalue weighted by Gasteiger charge is 2.30. The van der Waals surface area contributed by atoms with E-state index in [2.05, 4.69) is 24.1 Å². The second-order valence-electron chi connectivity index (χ2n) is 6.09. The van der Waals surface area contributed by atoms with E-state index < -0.39 is 0 Å². The van der Waals surface area contributed by atoms with Crippen molar-refractivity contribution in [3.63, 3.8) is 0 Å². The van der Waals surface area contributed by atoms with Gasteiger partial charge in [0.05, 0.1) is 13.2 Å². The van der Waals surface area contributed by atoms with Gasteiger partial charge in [0.15, 0.2) is 0 Å². The Kier molecular flexibility index (Phi) is 5.62. The molecule has 4 heteroatoms. The normalized spacial score (nSPS) is 19.0. The van der Waals surface area contributed by atoms with Gasteiger partial charge in [-0.05, 0) is 62.5 Å². The molecule has 21 heavy (non-hydrogen) atoms. The van der Waals surface area contributed by atoms with E-state index in [4.69, 9.17) is 4.74 Å². The smallest absolute Gasteiger partial charge is 0.241 e. The van der Waals surface area contributed by atoms with Crippen LogP contribution in [0.5, 0.6) is 5.75 Å². The van der Waals surface area contributed by atoms with Crippen molar-refractivity contribution in [2.45, 2.75) is 39.2 Å². The van der Waals surface area contributed by atoms with Gasteiger partial charge in [-0.1, -0.05) is 13.8 Å². The van der Waals surface area contributed by atoms with Crippen LogP contribution in [0.25, 0.3) is 0 Å². The molecule has 0 radical (unpaired) electrons. The molecule has 0 spiro atoms. The summed E-state index contributed by atoms with van der Waals surface area (Å²) in [4.78, 5) is 14.8. The number of nitrogens with one attached hydrogen (secondary N) is 1. The third kappa shape index (κ3) is 4.46. The van der Waals surface area contributed by atoms with Gasteiger partial charge in [0, 0.05) is 5.69 Å². The van der Waals surface area contributed by atoms with E-state index in [1.807, 2.05) is 24.3 Å². The van der Waals surface area contributed by atoms with Crippen molar-refractivity contribution in [1.29, 1.82) is 0 Å². The standard InChI is InChI=1S/C17H26N2O2/c1-13(2)10-12-19-11-4-5-16(19)17(20)18-14-6-8-15(21-3)9-7-14/h6-9,13,16H,4-5,10-12H2,1-3H3,(H,18,20)/t16-/m0/s1. The largest absolute Gasteiger partial charge is 0.497 e. The van der Waals surface area contributed by atoms with Crippen LogP contribution in [0.15, 0.2) is 24.3 Å². The lowest BCUT2D eigenvalue weighted by Crippen LogP contribution is -2.40. The molecule has 4 nitrogen and oxygen atoms in total. The summed E-state index contributed by atoms with van der Waals surface area (Å²) >= 11 is 0. The number of carbonyl (C=O) groups is 1. The van der Waals surface area contributed by atoms with Gasteiger partial charge in [0.25, 0.3) is 0 Å². The molecule has 1 aromatic carbocycles. The van der Waals surface area contributed by atoms with Crippen LogP contribution >= 0.6 is 0 Å². The molecule has 0 bridgehead atoms. The van der Waals surface area contributed by atoms with Crippen LogP contribution in [-0.2, 0) is 4.79 Å². The number of hydrogen-bond donors (Lipinski definition) is 1. The monoisotopic (exact) mass is 290 g/mol. The highest BCUT2D eigenvalue weighted by atomic mass is 16.5. The summed E-state index contributed by atoms with van der Waals surface area (Å²) in [6, 6.07) is 7.50. The van der Waals surface area contributed by atoms with Crippen molar-refractivity contribution in [3.05, 3.63) is 24.3 Å². The van der Waals surface area contributed by atoms with Gasteiger partial charge < -0.3 is 10.1 Å². The van der Waals surface area contributed by atoms with Crippen LogP contribution in [-0.4, -0.2) is 37.0 Å². The molecule has 1 aromatic rings. The molecule has 1 aliphatic rings. The summed E-state index contributed by atoms with van der Waals surface area (Å²) in [5, 5.41) is 3.02. The number of amides is 1. The molecular weight excluding hydrogens is 264 g/mol. The van der Waals surface area contributed by atoms with E-state index in [-0.39, 0.29) is 11.9 Å². The molecule has 0 unspecified atom stereocenters. The second kappa shape index (κ2) is 7.46. The second-order valence-corrected chi connectivity index (χ2v) is 6.09. The molecule has 0 saturated carbocycles. The minimum Gasteiger partial charge on any atom is -0.497 e. The number of likely N-dealkylation sites (tertiary alicyclic amines) is 1. The average molecular weight is 290 g/mol. The first-order valence-corrected chi connectivity index (χ1v) is 7.79. The number of ether oxygens (including phenoxy) is 1. The number of benzene rings is 1. The van der Waals surface area contributed by atoms with E-state index in [0.29, 0.717) is 5.92 Å². The van der Waals surface area contributed by atoms with Gasteiger partial charge in [0.1, 0.15) is 5.75 Å². The Bertz CT molecular complexity index is 456. The zero-order valence-electron chi connectivity index (χ0n) is 13.3. The molecular formula is C17H26N2O2. The Morgan fingerprint density at radius 3 is 2.71 bits per heavy atom. The zero-order valence-corrected chi connectivity index (χ0v) is 13.3. The number of nitrogens with zero attached hydrogens (tertiary/aromatic N) is 1. The lowest BCUT2D eigenvalue weighted by Gasteiger charge is -2.24. The molecule has 1 heterocycles. The summed E-state index contributed by atoms with van der Waals surface area (Å²) in [6.07, 6.45) is 3.21. The van der Waals surface area contributed by atoms with Crippen LogP contribution in [0.4, 0.5) is 5.69 Å². The summed E-state index contributed by atoms with van der Waals surface area (Å²) in [7, 11) is 1.64. The fourth-order valence-corrected chi connectivity index (χ4v) is 2.71. The van der Waals surface area contributed by atoms with Crippen LogP contribution < -0.4 is 10.1 Å². The molecule has 1 N–H and O–H groups in total. The van der Waals surface area contributed by atoms with Gasteiger partial charge in [-0.25, -0.2) is 0 Å². The minimum absolute atomic E-state index is 0.0193. The molecule has 1 aliphatic heterocycles. The van der Waals surface area contributed by atoms with E-state index in [1.165, 1.54) is 0 Å². The van der Waals surface area contributed by atoms with Crippen LogP contribution in [0.2, 0.25) is 0 Å².